The van der Waals surface area contributed by atoms with Crippen molar-refractivity contribution in [2.75, 3.05) is 0 Å². The van der Waals surface area contributed by atoms with Gasteiger partial charge in [0.1, 0.15) is 12.2 Å². The molecule has 26 heavy (non-hydrogen) atoms. The smallest absolute Gasteiger partial charge is 0.337 e. The number of ether oxygens (including phenoxy) is 2. The first-order valence-electron chi connectivity index (χ1n) is 8.40. The van der Waals surface area contributed by atoms with Crippen LogP contribution < -0.4 is 0 Å². The SMILES string of the molecule is C=C[C@@]1(C)[C@H](C(=C)C)[C@@H]2OC(=O)C(=C)[C@]2(O)[C@@H](OC(=O)/C(C)=C\C)[C@@H]1O. The van der Waals surface area contributed by atoms with Gasteiger partial charge in [0.15, 0.2) is 11.7 Å². The molecule has 6 nitrogen and oxygen atoms in total. The van der Waals surface area contributed by atoms with Crippen LogP contribution in [0.3, 0.4) is 0 Å². The number of allylic oxidation sites excluding steroid dienone is 1. The maximum Gasteiger partial charge on any atom is 0.337 e. The Morgan fingerprint density at radius 3 is 2.42 bits per heavy atom. The quantitative estimate of drug-likeness (QED) is 0.450. The summed E-state index contributed by atoms with van der Waals surface area (Å²) >= 11 is 0. The maximum absolute atomic E-state index is 12.3. The van der Waals surface area contributed by atoms with Crippen LogP contribution in [0.25, 0.3) is 0 Å². The molecule has 0 aromatic carbocycles. The minimum absolute atomic E-state index is 0.255. The number of hydrogen-bond acceptors (Lipinski definition) is 6. The molecule has 2 N–H and O–H groups in total. The molecule has 2 aliphatic rings. The van der Waals surface area contributed by atoms with Gasteiger partial charge in [0.05, 0.1) is 5.57 Å². The van der Waals surface area contributed by atoms with E-state index in [4.69, 9.17) is 9.47 Å². The van der Waals surface area contributed by atoms with Gasteiger partial charge in [0.2, 0.25) is 0 Å². The van der Waals surface area contributed by atoms with Gasteiger partial charge in [-0.2, -0.15) is 0 Å². The van der Waals surface area contributed by atoms with Gasteiger partial charge in [-0.1, -0.05) is 37.8 Å². The lowest BCUT2D eigenvalue weighted by molar-refractivity contribution is -0.230. The van der Waals surface area contributed by atoms with Crippen molar-refractivity contribution in [2.24, 2.45) is 11.3 Å². The maximum atomic E-state index is 12.3. The lowest BCUT2D eigenvalue weighted by Gasteiger charge is -2.54. The molecule has 1 aliphatic heterocycles. The van der Waals surface area contributed by atoms with E-state index in [-0.39, 0.29) is 5.57 Å². The molecule has 1 heterocycles. The fourth-order valence-corrected chi connectivity index (χ4v) is 3.86. The molecule has 2 fully saturated rings. The van der Waals surface area contributed by atoms with E-state index in [2.05, 4.69) is 19.7 Å². The summed E-state index contributed by atoms with van der Waals surface area (Å²) in [5.74, 6) is -2.15. The summed E-state index contributed by atoms with van der Waals surface area (Å²) in [6, 6.07) is 0. The van der Waals surface area contributed by atoms with Gasteiger partial charge in [-0.05, 0) is 20.8 Å². The highest BCUT2D eigenvalue weighted by Gasteiger charge is 2.70. The van der Waals surface area contributed by atoms with Crippen molar-refractivity contribution in [1.29, 1.82) is 0 Å². The summed E-state index contributed by atoms with van der Waals surface area (Å²) in [4.78, 5) is 24.5. The van der Waals surface area contributed by atoms with Gasteiger partial charge >= 0.3 is 11.9 Å². The van der Waals surface area contributed by atoms with E-state index in [1.807, 2.05) is 0 Å². The number of carbonyl (C=O) groups is 2. The van der Waals surface area contributed by atoms with Crippen molar-refractivity contribution >= 4 is 11.9 Å². The van der Waals surface area contributed by atoms with E-state index in [1.54, 1.807) is 33.8 Å². The van der Waals surface area contributed by atoms with Crippen molar-refractivity contribution < 1.29 is 29.3 Å². The van der Waals surface area contributed by atoms with Crippen molar-refractivity contribution in [1.82, 2.24) is 0 Å². The average Bonchev–Trinajstić information content (AvgIpc) is 2.82. The summed E-state index contributed by atoms with van der Waals surface area (Å²) in [6.07, 6.45) is -0.854. The molecule has 6 heteroatoms. The largest absolute Gasteiger partial charge is 0.455 e. The van der Waals surface area contributed by atoms with Crippen LogP contribution in [0, 0.1) is 11.3 Å². The van der Waals surface area contributed by atoms with Gasteiger partial charge in [-0.25, -0.2) is 9.59 Å². The van der Waals surface area contributed by atoms with Crippen molar-refractivity contribution in [3.63, 3.8) is 0 Å². The number of hydrogen-bond donors (Lipinski definition) is 2. The zero-order valence-electron chi connectivity index (χ0n) is 15.6. The van der Waals surface area contributed by atoms with Crippen LogP contribution in [0.4, 0.5) is 0 Å². The van der Waals surface area contributed by atoms with Gasteiger partial charge in [-0.15, -0.1) is 6.58 Å². The fourth-order valence-electron chi connectivity index (χ4n) is 3.86. The topological polar surface area (TPSA) is 93.1 Å². The molecule has 0 aromatic heterocycles. The van der Waals surface area contributed by atoms with Gasteiger partial charge in [0.25, 0.3) is 0 Å². The third-order valence-electron chi connectivity index (χ3n) is 5.69. The molecule has 2 rings (SSSR count). The second-order valence-corrected chi connectivity index (χ2v) is 7.27. The predicted octanol–water partition coefficient (Wildman–Crippen LogP) is 1.84. The Bertz CT molecular complexity index is 720. The Hall–Kier alpha value is -2.18. The lowest BCUT2D eigenvalue weighted by atomic mass is 9.56. The first kappa shape index (κ1) is 20.1. The monoisotopic (exact) mass is 362 g/mol. The van der Waals surface area contributed by atoms with E-state index >= 15 is 0 Å². The molecule has 0 radical (unpaired) electrons. The number of fused-ring (bicyclic) bond motifs is 1. The molecule has 1 aliphatic carbocycles. The first-order chi connectivity index (χ1) is 12.0. The van der Waals surface area contributed by atoms with Crippen molar-refractivity contribution in [3.05, 3.63) is 48.6 Å². The Labute approximate surface area is 153 Å². The zero-order valence-corrected chi connectivity index (χ0v) is 15.6. The fraction of sp³-hybridized carbons (Fsp3) is 0.500. The molecular weight excluding hydrogens is 336 g/mol. The lowest BCUT2D eigenvalue weighted by Crippen LogP contribution is -2.69. The minimum Gasteiger partial charge on any atom is -0.455 e. The third kappa shape index (κ3) is 2.56. The number of esters is 2. The van der Waals surface area contributed by atoms with Crippen LogP contribution in [-0.4, -0.2) is 46.1 Å². The minimum atomic E-state index is -2.06. The zero-order chi connectivity index (χ0) is 20.0. The van der Waals surface area contributed by atoms with E-state index < -0.39 is 47.2 Å². The average molecular weight is 362 g/mol. The van der Waals surface area contributed by atoms with Crippen molar-refractivity contribution in [3.8, 4) is 0 Å². The van der Waals surface area contributed by atoms with Gasteiger partial charge in [-0.3, -0.25) is 0 Å². The van der Waals surface area contributed by atoms with Crippen molar-refractivity contribution in [2.45, 2.75) is 51.6 Å². The van der Waals surface area contributed by atoms with Crippen LogP contribution in [-0.2, 0) is 19.1 Å². The second kappa shape index (κ2) is 6.52. The number of rotatable bonds is 4. The predicted molar refractivity (Wildman–Crippen MR) is 95.9 cm³/mol. The molecule has 6 atom stereocenters. The first-order valence-corrected chi connectivity index (χ1v) is 8.40. The summed E-state index contributed by atoms with van der Waals surface area (Å²) in [5.41, 5.74) is -2.48. The summed E-state index contributed by atoms with van der Waals surface area (Å²) in [7, 11) is 0. The van der Waals surface area contributed by atoms with Gasteiger partial charge < -0.3 is 19.7 Å². The van der Waals surface area contributed by atoms with E-state index in [9.17, 15) is 19.8 Å². The Morgan fingerprint density at radius 1 is 1.38 bits per heavy atom. The molecule has 0 spiro atoms. The number of aliphatic hydroxyl groups is 2. The highest BCUT2D eigenvalue weighted by Crippen LogP contribution is 2.55. The van der Waals surface area contributed by atoms with E-state index in [0.717, 1.165) is 0 Å². The van der Waals surface area contributed by atoms with Crippen LogP contribution in [0.1, 0.15) is 27.7 Å². The molecule has 1 saturated heterocycles. The Kier molecular flexibility index (Phi) is 5.05. The summed E-state index contributed by atoms with van der Waals surface area (Å²) < 4.78 is 10.8. The van der Waals surface area contributed by atoms with Crippen LogP contribution >= 0.6 is 0 Å². The molecule has 0 unspecified atom stereocenters. The molecular formula is C20H26O6. The number of carbonyl (C=O) groups excluding carboxylic acids is 2. The third-order valence-corrected chi connectivity index (χ3v) is 5.69. The highest BCUT2D eigenvalue weighted by atomic mass is 16.6. The summed E-state index contributed by atoms with van der Waals surface area (Å²) in [6.45, 7) is 17.9. The van der Waals surface area contributed by atoms with Crippen LogP contribution in [0.15, 0.2) is 48.6 Å². The normalized spacial score (nSPS) is 39.8. The molecule has 1 saturated carbocycles. The molecule has 142 valence electrons. The molecule has 0 bridgehead atoms. The van der Waals surface area contributed by atoms with E-state index in [1.165, 1.54) is 6.08 Å². The highest BCUT2D eigenvalue weighted by molar-refractivity contribution is 5.94. The van der Waals surface area contributed by atoms with Crippen LogP contribution in [0.2, 0.25) is 0 Å². The van der Waals surface area contributed by atoms with Crippen LogP contribution in [0.5, 0.6) is 0 Å². The summed E-state index contributed by atoms with van der Waals surface area (Å²) in [5, 5.41) is 22.4. The standard InChI is InChI=1S/C20H26O6/c1-8-11(5)17(22)26-16-14(21)19(7,9-2)13(10(3)4)15-20(16,24)12(6)18(23)25-15/h8-9,13-16,21,24H,2-3,6H2,1,4-5,7H3/b11-8-/t13-,14+,15+,16+,19+,20-/m1/s1. The Morgan fingerprint density at radius 2 is 1.96 bits per heavy atom. The van der Waals surface area contributed by atoms with E-state index in [0.29, 0.717) is 11.1 Å². The molecule has 0 aromatic rings. The number of aliphatic hydroxyl groups excluding tert-OH is 1. The molecule has 0 amide bonds. The Balaban J connectivity index is 2.65. The van der Waals surface area contributed by atoms with Gasteiger partial charge in [0, 0.05) is 16.9 Å². The second-order valence-electron chi connectivity index (χ2n) is 7.27.